The highest BCUT2D eigenvalue weighted by Gasteiger charge is 2.30. The number of carbonyl (C=O) groups excluding carboxylic acids is 1. The van der Waals surface area contributed by atoms with Gasteiger partial charge >= 0.3 is 0 Å². The molecule has 7 nitrogen and oxygen atoms in total. The van der Waals surface area contributed by atoms with E-state index < -0.39 is 0 Å². The minimum atomic E-state index is -0.248. The molecule has 1 aliphatic heterocycles. The van der Waals surface area contributed by atoms with Gasteiger partial charge in [-0.05, 0) is 51.0 Å². The van der Waals surface area contributed by atoms with Crippen LogP contribution in [0, 0.1) is 0 Å². The third kappa shape index (κ3) is 4.31. The van der Waals surface area contributed by atoms with Gasteiger partial charge in [0.05, 0.1) is 22.8 Å². The van der Waals surface area contributed by atoms with Gasteiger partial charge in [-0.2, -0.15) is 0 Å². The molecule has 0 aliphatic carbocycles. The number of carbonyl (C=O) groups is 1. The number of imidazole rings is 1. The largest absolute Gasteiger partial charge is 0.355 e. The van der Waals surface area contributed by atoms with Crippen LogP contribution in [-0.4, -0.2) is 33.0 Å². The Morgan fingerprint density at radius 1 is 1.21 bits per heavy atom. The van der Waals surface area contributed by atoms with E-state index in [4.69, 9.17) is 4.98 Å². The van der Waals surface area contributed by atoms with Gasteiger partial charge < -0.3 is 9.88 Å². The maximum absolute atomic E-state index is 12.5. The number of rotatable bonds is 7. The summed E-state index contributed by atoms with van der Waals surface area (Å²) in [5, 5.41) is 3.05. The van der Waals surface area contributed by atoms with Crippen molar-refractivity contribution < 1.29 is 4.79 Å². The van der Waals surface area contributed by atoms with E-state index in [1.165, 1.54) is 5.52 Å². The van der Waals surface area contributed by atoms with Crippen LogP contribution in [-0.2, 0) is 11.2 Å². The summed E-state index contributed by atoms with van der Waals surface area (Å²) in [7, 11) is 0. The molecule has 29 heavy (non-hydrogen) atoms. The average molecular weight is 393 g/mol. The second-order valence-electron chi connectivity index (χ2n) is 7.76. The Labute approximate surface area is 170 Å². The average Bonchev–Trinajstić information content (AvgIpc) is 3.36. The molecule has 2 aromatic heterocycles. The van der Waals surface area contributed by atoms with E-state index in [-0.39, 0.29) is 18.0 Å². The fourth-order valence-corrected chi connectivity index (χ4v) is 3.93. The summed E-state index contributed by atoms with van der Waals surface area (Å²) in [6, 6.07) is 14.2. The van der Waals surface area contributed by atoms with Crippen LogP contribution in [0.15, 0.2) is 48.7 Å². The van der Waals surface area contributed by atoms with Crippen molar-refractivity contribution in [2.45, 2.75) is 51.2 Å². The zero-order chi connectivity index (χ0) is 20.2. The number of para-hydroxylation sites is 2. The first kappa shape index (κ1) is 19.5. The zero-order valence-corrected chi connectivity index (χ0v) is 16.9. The third-order valence-corrected chi connectivity index (χ3v) is 5.33. The minimum absolute atomic E-state index is 0.0216. The number of aromatic nitrogens is 3. The highest BCUT2D eigenvalue weighted by molar-refractivity contribution is 5.82. The van der Waals surface area contributed by atoms with Gasteiger partial charge in [-0.1, -0.05) is 18.2 Å². The highest BCUT2D eigenvalue weighted by Crippen LogP contribution is 2.22. The summed E-state index contributed by atoms with van der Waals surface area (Å²) in [4.78, 5) is 21.6. The van der Waals surface area contributed by atoms with E-state index in [1.807, 2.05) is 30.3 Å². The van der Waals surface area contributed by atoms with Gasteiger partial charge in [0.1, 0.15) is 11.9 Å². The van der Waals surface area contributed by atoms with Crippen LogP contribution in [0.2, 0.25) is 0 Å². The number of hydrazine groups is 1. The Hall–Kier alpha value is -2.77. The van der Waals surface area contributed by atoms with E-state index in [9.17, 15) is 4.79 Å². The molecule has 0 saturated carbocycles. The fourth-order valence-electron chi connectivity index (χ4n) is 3.93. The molecule has 7 heteroatoms. The van der Waals surface area contributed by atoms with Gasteiger partial charge in [0.2, 0.25) is 5.91 Å². The molecule has 2 unspecified atom stereocenters. The van der Waals surface area contributed by atoms with E-state index in [1.54, 1.807) is 6.20 Å². The molecule has 1 amide bonds. The summed E-state index contributed by atoms with van der Waals surface area (Å²) < 4.78 is 2.29. The second kappa shape index (κ2) is 8.71. The zero-order valence-electron chi connectivity index (χ0n) is 16.9. The number of nitrogens with zero attached hydrogens (tertiary/aromatic N) is 3. The standard InChI is InChI=1S/C22H28N6O/c1-15(2)28-20-10-4-3-9-17(20)25-21(28)11-7-13-24-22(29)19-14-18(26-27-19)16-8-5-6-12-23-16/h3-6,8-10,12,15,18-19,26-27H,7,11,13-14H2,1-2H3,(H,24,29). The molecule has 2 atom stereocenters. The number of fused-ring (bicyclic) bond motifs is 1. The Morgan fingerprint density at radius 3 is 2.83 bits per heavy atom. The minimum Gasteiger partial charge on any atom is -0.355 e. The van der Waals surface area contributed by atoms with Crippen LogP contribution in [0.4, 0.5) is 0 Å². The second-order valence-corrected chi connectivity index (χ2v) is 7.76. The van der Waals surface area contributed by atoms with E-state index >= 15 is 0 Å². The predicted octanol–water partition coefficient (Wildman–Crippen LogP) is 2.67. The van der Waals surface area contributed by atoms with Crippen LogP contribution in [0.25, 0.3) is 11.0 Å². The first-order valence-corrected chi connectivity index (χ1v) is 10.3. The molecule has 3 heterocycles. The summed E-state index contributed by atoms with van der Waals surface area (Å²) >= 11 is 0. The fraction of sp³-hybridized carbons (Fsp3) is 0.409. The van der Waals surface area contributed by atoms with Crippen molar-refractivity contribution in [3.05, 3.63) is 60.2 Å². The number of pyridine rings is 1. The van der Waals surface area contributed by atoms with Crippen molar-refractivity contribution in [2.24, 2.45) is 0 Å². The molecule has 3 aromatic rings. The summed E-state index contributed by atoms with van der Waals surface area (Å²) in [5.74, 6) is 1.10. The molecule has 0 radical (unpaired) electrons. The van der Waals surface area contributed by atoms with Crippen molar-refractivity contribution in [3.8, 4) is 0 Å². The van der Waals surface area contributed by atoms with Crippen LogP contribution < -0.4 is 16.2 Å². The summed E-state index contributed by atoms with van der Waals surface area (Å²) in [5.41, 5.74) is 9.40. The van der Waals surface area contributed by atoms with E-state index in [0.29, 0.717) is 19.0 Å². The van der Waals surface area contributed by atoms with Gasteiger partial charge in [-0.15, -0.1) is 0 Å². The Balaban J connectivity index is 1.28. The van der Waals surface area contributed by atoms with Gasteiger partial charge in [-0.25, -0.2) is 15.8 Å². The van der Waals surface area contributed by atoms with Crippen molar-refractivity contribution >= 4 is 16.9 Å². The maximum Gasteiger partial charge on any atom is 0.238 e. The Kier molecular flexibility index (Phi) is 5.87. The lowest BCUT2D eigenvalue weighted by Gasteiger charge is -2.14. The van der Waals surface area contributed by atoms with Crippen molar-refractivity contribution in [3.63, 3.8) is 0 Å². The molecule has 1 aromatic carbocycles. The van der Waals surface area contributed by atoms with Crippen LogP contribution in [0.5, 0.6) is 0 Å². The van der Waals surface area contributed by atoms with Crippen molar-refractivity contribution in [1.82, 2.24) is 30.7 Å². The number of benzene rings is 1. The van der Waals surface area contributed by atoms with Crippen molar-refractivity contribution in [2.75, 3.05) is 6.54 Å². The topological polar surface area (TPSA) is 83.9 Å². The van der Waals surface area contributed by atoms with Gasteiger partial charge in [0.15, 0.2) is 0 Å². The van der Waals surface area contributed by atoms with E-state index in [2.05, 4.69) is 51.7 Å². The number of nitrogens with one attached hydrogen (secondary N) is 3. The predicted molar refractivity (Wildman–Crippen MR) is 113 cm³/mol. The van der Waals surface area contributed by atoms with Gasteiger partial charge in [0.25, 0.3) is 0 Å². The quantitative estimate of drug-likeness (QED) is 0.539. The number of hydrogen-bond acceptors (Lipinski definition) is 5. The molecule has 0 spiro atoms. The summed E-state index contributed by atoms with van der Waals surface area (Å²) in [6.45, 7) is 4.99. The molecule has 3 N–H and O–H groups in total. The highest BCUT2D eigenvalue weighted by atomic mass is 16.2. The van der Waals surface area contributed by atoms with Crippen LogP contribution in [0.3, 0.4) is 0 Å². The lowest BCUT2D eigenvalue weighted by atomic mass is 10.1. The normalized spacial score (nSPS) is 19.1. The van der Waals surface area contributed by atoms with Gasteiger partial charge in [-0.3, -0.25) is 9.78 Å². The van der Waals surface area contributed by atoms with Gasteiger partial charge in [0, 0.05) is 25.2 Å². The molecular weight excluding hydrogens is 364 g/mol. The smallest absolute Gasteiger partial charge is 0.238 e. The SMILES string of the molecule is CC(C)n1c(CCCNC(=O)C2CC(c3ccccn3)NN2)nc2ccccc21. The Bertz CT molecular complexity index is 968. The maximum atomic E-state index is 12.5. The molecule has 1 saturated heterocycles. The molecule has 4 rings (SSSR count). The number of hydrogen-bond donors (Lipinski definition) is 3. The number of aryl methyl sites for hydroxylation is 1. The first-order valence-electron chi connectivity index (χ1n) is 10.3. The van der Waals surface area contributed by atoms with E-state index in [0.717, 1.165) is 29.9 Å². The molecular formula is C22H28N6O. The van der Waals surface area contributed by atoms with Crippen LogP contribution >= 0.6 is 0 Å². The monoisotopic (exact) mass is 392 g/mol. The molecule has 1 fully saturated rings. The lowest BCUT2D eigenvalue weighted by molar-refractivity contribution is -0.122. The summed E-state index contributed by atoms with van der Waals surface area (Å²) in [6.07, 6.45) is 4.15. The first-order chi connectivity index (χ1) is 14.1. The lowest BCUT2D eigenvalue weighted by Crippen LogP contribution is -2.43. The number of amides is 1. The molecule has 1 aliphatic rings. The Morgan fingerprint density at radius 2 is 2.03 bits per heavy atom. The molecule has 152 valence electrons. The van der Waals surface area contributed by atoms with Crippen LogP contribution in [0.1, 0.15) is 50.3 Å². The third-order valence-electron chi connectivity index (χ3n) is 5.33. The molecule has 0 bridgehead atoms. The van der Waals surface area contributed by atoms with Crippen molar-refractivity contribution in [1.29, 1.82) is 0 Å².